The summed E-state index contributed by atoms with van der Waals surface area (Å²) in [6.45, 7) is 1.88. The molecule has 1 heterocycles. The van der Waals surface area contributed by atoms with Crippen LogP contribution in [0.15, 0.2) is 63.8 Å². The molecule has 0 spiro atoms. The Morgan fingerprint density at radius 3 is 2.73 bits per heavy atom. The third kappa shape index (κ3) is 2.98. The van der Waals surface area contributed by atoms with Gasteiger partial charge in [0.15, 0.2) is 5.58 Å². The summed E-state index contributed by atoms with van der Waals surface area (Å²) in [6.07, 6.45) is 1.53. The van der Waals surface area contributed by atoms with E-state index in [1.165, 1.54) is 6.08 Å². The molecule has 1 aromatic heterocycles. The maximum absolute atomic E-state index is 12.0. The van der Waals surface area contributed by atoms with Crippen LogP contribution in [0.3, 0.4) is 0 Å². The zero-order valence-electron chi connectivity index (χ0n) is 11.9. The average molecular weight is 294 g/mol. The normalized spacial score (nSPS) is 11.6. The first-order valence-electron chi connectivity index (χ1n) is 6.79. The van der Waals surface area contributed by atoms with Crippen LogP contribution in [-0.2, 0) is 4.79 Å². The van der Waals surface area contributed by atoms with Gasteiger partial charge in [0.05, 0.1) is 5.52 Å². The number of allylic oxidation sites excluding steroid dienone is 1. The Bertz CT molecular complexity index is 904. The number of H-pyrrole nitrogens is 1. The lowest BCUT2D eigenvalue weighted by molar-refractivity contribution is -0.111. The van der Waals surface area contributed by atoms with E-state index in [1.54, 1.807) is 18.2 Å². The molecule has 2 aromatic carbocycles. The minimum absolute atomic E-state index is 0.237. The summed E-state index contributed by atoms with van der Waals surface area (Å²) in [5.41, 5.74) is 3.43. The zero-order chi connectivity index (χ0) is 15.5. The van der Waals surface area contributed by atoms with Gasteiger partial charge in [-0.1, -0.05) is 30.3 Å². The Balaban J connectivity index is 1.79. The van der Waals surface area contributed by atoms with E-state index in [2.05, 4.69) is 10.3 Å². The van der Waals surface area contributed by atoms with Crippen molar-refractivity contribution in [2.24, 2.45) is 0 Å². The standard InChI is InChI=1S/C17H14N2O3/c1-11(12-5-3-2-4-6-12)9-16(20)18-13-7-8-14-15(10-13)22-17(21)19-14/h2-10H,1H3,(H,18,20)(H,19,21)/b11-9+. The molecule has 110 valence electrons. The lowest BCUT2D eigenvalue weighted by atomic mass is 10.1. The van der Waals surface area contributed by atoms with Gasteiger partial charge in [-0.2, -0.15) is 0 Å². The second-order valence-corrected chi connectivity index (χ2v) is 4.91. The number of aromatic amines is 1. The van der Waals surface area contributed by atoms with Crippen molar-refractivity contribution in [1.29, 1.82) is 0 Å². The van der Waals surface area contributed by atoms with E-state index in [-0.39, 0.29) is 5.91 Å². The number of carbonyl (C=O) groups excluding carboxylic acids is 1. The van der Waals surface area contributed by atoms with Crippen molar-refractivity contribution in [3.8, 4) is 0 Å². The first-order valence-corrected chi connectivity index (χ1v) is 6.79. The second-order valence-electron chi connectivity index (χ2n) is 4.91. The molecule has 5 nitrogen and oxygen atoms in total. The summed E-state index contributed by atoms with van der Waals surface area (Å²) in [7, 11) is 0. The Kier molecular flexibility index (Phi) is 3.62. The molecule has 0 atom stereocenters. The highest BCUT2D eigenvalue weighted by Crippen LogP contribution is 2.17. The summed E-state index contributed by atoms with van der Waals surface area (Å²) in [5, 5.41) is 2.75. The molecule has 3 aromatic rings. The number of nitrogens with one attached hydrogen (secondary N) is 2. The molecule has 3 rings (SSSR count). The minimum atomic E-state index is -0.515. The van der Waals surface area contributed by atoms with Gasteiger partial charge < -0.3 is 9.73 Å². The number of rotatable bonds is 3. The van der Waals surface area contributed by atoms with Gasteiger partial charge in [-0.3, -0.25) is 9.78 Å². The molecule has 22 heavy (non-hydrogen) atoms. The number of hydrogen-bond donors (Lipinski definition) is 2. The summed E-state index contributed by atoms with van der Waals surface area (Å²) < 4.78 is 4.96. The van der Waals surface area contributed by atoms with E-state index in [0.29, 0.717) is 16.8 Å². The van der Waals surface area contributed by atoms with Crippen molar-refractivity contribution in [3.63, 3.8) is 0 Å². The predicted octanol–water partition coefficient (Wildman–Crippen LogP) is 3.16. The first-order chi connectivity index (χ1) is 10.6. The quantitative estimate of drug-likeness (QED) is 0.729. The number of oxazole rings is 1. The van der Waals surface area contributed by atoms with Crippen LogP contribution in [0.2, 0.25) is 0 Å². The Hall–Kier alpha value is -3.08. The number of benzene rings is 2. The Labute approximate surface area is 126 Å². The van der Waals surface area contributed by atoms with Crippen molar-refractivity contribution in [2.75, 3.05) is 5.32 Å². The maximum atomic E-state index is 12.0. The van der Waals surface area contributed by atoms with Crippen LogP contribution in [0.1, 0.15) is 12.5 Å². The van der Waals surface area contributed by atoms with Crippen molar-refractivity contribution < 1.29 is 9.21 Å². The van der Waals surface area contributed by atoms with Crippen LogP contribution in [-0.4, -0.2) is 10.9 Å². The van der Waals surface area contributed by atoms with Gasteiger partial charge in [0.2, 0.25) is 5.91 Å². The first kappa shape index (κ1) is 13.9. The number of hydrogen-bond acceptors (Lipinski definition) is 3. The van der Waals surface area contributed by atoms with E-state index < -0.39 is 5.76 Å². The number of amides is 1. The van der Waals surface area contributed by atoms with Crippen molar-refractivity contribution in [2.45, 2.75) is 6.92 Å². The molecule has 0 radical (unpaired) electrons. The van der Waals surface area contributed by atoms with Crippen LogP contribution in [0.25, 0.3) is 16.7 Å². The molecule has 0 aliphatic carbocycles. The third-order valence-corrected chi connectivity index (χ3v) is 3.27. The summed E-state index contributed by atoms with van der Waals surface area (Å²) in [4.78, 5) is 25.7. The highest BCUT2D eigenvalue weighted by atomic mass is 16.4. The molecule has 0 saturated carbocycles. The molecular weight excluding hydrogens is 280 g/mol. The van der Waals surface area contributed by atoms with E-state index in [4.69, 9.17) is 4.42 Å². The number of carbonyl (C=O) groups is 1. The lowest BCUT2D eigenvalue weighted by Gasteiger charge is -2.04. The van der Waals surface area contributed by atoms with Crippen LogP contribution in [0, 0.1) is 0 Å². The average Bonchev–Trinajstić information content (AvgIpc) is 2.87. The van der Waals surface area contributed by atoms with E-state index >= 15 is 0 Å². The van der Waals surface area contributed by atoms with Gasteiger partial charge in [-0.05, 0) is 30.2 Å². The second kappa shape index (κ2) is 5.73. The van der Waals surface area contributed by atoms with Crippen LogP contribution in [0.5, 0.6) is 0 Å². The highest BCUT2D eigenvalue weighted by molar-refractivity contribution is 6.04. The van der Waals surface area contributed by atoms with E-state index in [1.807, 2.05) is 37.3 Å². The molecular formula is C17H14N2O3. The molecule has 2 N–H and O–H groups in total. The summed E-state index contributed by atoms with van der Waals surface area (Å²) >= 11 is 0. The van der Waals surface area contributed by atoms with Crippen molar-refractivity contribution in [3.05, 3.63) is 70.7 Å². The Morgan fingerprint density at radius 2 is 1.95 bits per heavy atom. The largest absolute Gasteiger partial charge is 0.417 e. The molecule has 5 heteroatoms. The van der Waals surface area contributed by atoms with Crippen LogP contribution >= 0.6 is 0 Å². The lowest BCUT2D eigenvalue weighted by Crippen LogP contribution is -2.08. The van der Waals surface area contributed by atoms with Crippen molar-refractivity contribution in [1.82, 2.24) is 4.98 Å². The van der Waals surface area contributed by atoms with Gasteiger partial charge in [-0.15, -0.1) is 0 Å². The maximum Gasteiger partial charge on any atom is 0.417 e. The van der Waals surface area contributed by atoms with Gasteiger partial charge in [0.25, 0.3) is 0 Å². The van der Waals surface area contributed by atoms with E-state index in [0.717, 1.165) is 11.1 Å². The molecule has 0 aliphatic rings. The molecule has 0 unspecified atom stereocenters. The highest BCUT2D eigenvalue weighted by Gasteiger charge is 2.05. The SMILES string of the molecule is C/C(=C\C(=O)Nc1ccc2[nH]c(=O)oc2c1)c1ccccc1. The molecule has 1 amide bonds. The van der Waals surface area contributed by atoms with Crippen molar-refractivity contribution >= 4 is 28.3 Å². The number of fused-ring (bicyclic) bond motifs is 1. The van der Waals surface area contributed by atoms with E-state index in [9.17, 15) is 9.59 Å². The van der Waals surface area contributed by atoms with Crippen LogP contribution in [0.4, 0.5) is 5.69 Å². The fourth-order valence-corrected chi connectivity index (χ4v) is 2.18. The zero-order valence-corrected chi connectivity index (χ0v) is 11.9. The smallest absolute Gasteiger partial charge is 0.408 e. The molecule has 0 fully saturated rings. The molecule has 0 bridgehead atoms. The predicted molar refractivity (Wildman–Crippen MR) is 85.6 cm³/mol. The monoisotopic (exact) mass is 294 g/mol. The van der Waals surface area contributed by atoms with Gasteiger partial charge in [-0.25, -0.2) is 4.79 Å². The van der Waals surface area contributed by atoms with Gasteiger partial charge >= 0.3 is 5.76 Å². The van der Waals surface area contributed by atoms with Gasteiger partial charge in [0, 0.05) is 17.8 Å². The summed E-state index contributed by atoms with van der Waals surface area (Å²) in [6, 6.07) is 14.7. The Morgan fingerprint density at radius 1 is 1.18 bits per heavy atom. The number of anilines is 1. The van der Waals surface area contributed by atoms with Gasteiger partial charge in [0.1, 0.15) is 0 Å². The topological polar surface area (TPSA) is 75.1 Å². The van der Waals surface area contributed by atoms with Crippen LogP contribution < -0.4 is 11.1 Å². The minimum Gasteiger partial charge on any atom is -0.408 e. The molecule has 0 aliphatic heterocycles. The number of aromatic nitrogens is 1. The molecule has 0 saturated heterocycles. The third-order valence-electron chi connectivity index (χ3n) is 3.27. The fourth-order valence-electron chi connectivity index (χ4n) is 2.18. The summed E-state index contributed by atoms with van der Waals surface area (Å²) in [5.74, 6) is -0.753. The fraction of sp³-hybridized carbons (Fsp3) is 0.0588.